The monoisotopic (exact) mass is 292 g/mol. The van der Waals surface area contributed by atoms with E-state index in [1.165, 1.54) is 37.1 Å². The molecule has 0 radical (unpaired) electrons. The fourth-order valence-electron chi connectivity index (χ4n) is 3.26. The summed E-state index contributed by atoms with van der Waals surface area (Å²) in [6.07, 6.45) is 4.96. The molecule has 2 N–H and O–H groups in total. The number of unbranched alkanes of at least 4 members (excludes halogenated alkanes) is 1. The Labute approximate surface area is 128 Å². The van der Waals surface area contributed by atoms with Gasteiger partial charge in [0, 0.05) is 24.0 Å². The second kappa shape index (κ2) is 7.37. The fraction of sp³-hybridized carbons (Fsp3) is 0.647. The predicted octanol–water partition coefficient (Wildman–Crippen LogP) is 3.91. The van der Waals surface area contributed by atoms with Gasteiger partial charge < -0.3 is 10.6 Å². The molecule has 112 valence electrons. The second-order valence-corrected chi connectivity index (χ2v) is 7.21. The lowest BCUT2D eigenvalue weighted by Gasteiger charge is -2.51. The molecular formula is C17H28N2S. The van der Waals surface area contributed by atoms with Crippen molar-refractivity contribution in [3.63, 3.8) is 0 Å². The van der Waals surface area contributed by atoms with Crippen molar-refractivity contribution in [2.24, 2.45) is 5.73 Å². The summed E-state index contributed by atoms with van der Waals surface area (Å²) in [4.78, 5) is 2.60. The van der Waals surface area contributed by atoms with Crippen LogP contribution in [0.15, 0.2) is 30.3 Å². The Morgan fingerprint density at radius 1 is 1.35 bits per heavy atom. The summed E-state index contributed by atoms with van der Waals surface area (Å²) in [6, 6.07) is 10.8. The van der Waals surface area contributed by atoms with Gasteiger partial charge in [-0.15, -0.1) is 0 Å². The molecule has 1 heterocycles. The summed E-state index contributed by atoms with van der Waals surface area (Å²) >= 11 is 2.08. The molecule has 1 aromatic rings. The molecule has 2 unspecified atom stereocenters. The lowest BCUT2D eigenvalue weighted by Crippen LogP contribution is -2.61. The van der Waals surface area contributed by atoms with Crippen LogP contribution in [0.1, 0.15) is 39.5 Å². The summed E-state index contributed by atoms with van der Waals surface area (Å²) in [5, 5.41) is 0.596. The van der Waals surface area contributed by atoms with Crippen molar-refractivity contribution < 1.29 is 0 Å². The smallest absolute Gasteiger partial charge is 0.0639 e. The van der Waals surface area contributed by atoms with E-state index in [1.807, 2.05) is 0 Å². The van der Waals surface area contributed by atoms with E-state index in [-0.39, 0.29) is 5.54 Å². The van der Waals surface area contributed by atoms with Crippen molar-refractivity contribution in [2.75, 3.05) is 23.7 Å². The van der Waals surface area contributed by atoms with Crippen molar-refractivity contribution in [1.82, 2.24) is 0 Å². The molecule has 1 aliphatic rings. The van der Waals surface area contributed by atoms with Gasteiger partial charge in [-0.05, 0) is 37.1 Å². The first-order valence-electron chi connectivity index (χ1n) is 7.89. The molecule has 1 saturated heterocycles. The normalized spacial score (nSPS) is 26.4. The van der Waals surface area contributed by atoms with E-state index < -0.39 is 0 Å². The van der Waals surface area contributed by atoms with Gasteiger partial charge in [0.05, 0.1) is 5.54 Å². The maximum Gasteiger partial charge on any atom is 0.0639 e. The number of anilines is 1. The standard InChI is InChI=1S/C17H28N2S/c1-3-4-12-19(16-9-6-5-7-10-16)17(14-18)11-8-13-20-15(17)2/h5-7,9-10,15H,3-4,8,11-14,18H2,1-2H3. The molecule has 0 bridgehead atoms. The molecule has 1 fully saturated rings. The van der Waals surface area contributed by atoms with Crippen LogP contribution in [0.25, 0.3) is 0 Å². The highest BCUT2D eigenvalue weighted by molar-refractivity contribution is 8.00. The van der Waals surface area contributed by atoms with Crippen LogP contribution >= 0.6 is 11.8 Å². The summed E-state index contributed by atoms with van der Waals surface area (Å²) in [5.74, 6) is 1.28. The van der Waals surface area contributed by atoms with Crippen LogP contribution < -0.4 is 10.6 Å². The average Bonchev–Trinajstić information content (AvgIpc) is 2.50. The third-order valence-electron chi connectivity index (χ3n) is 4.57. The van der Waals surface area contributed by atoms with Crippen molar-refractivity contribution in [3.05, 3.63) is 30.3 Å². The zero-order valence-electron chi connectivity index (χ0n) is 12.8. The van der Waals surface area contributed by atoms with Crippen LogP contribution in [0.2, 0.25) is 0 Å². The van der Waals surface area contributed by atoms with Crippen molar-refractivity contribution >= 4 is 17.4 Å². The first-order valence-corrected chi connectivity index (χ1v) is 8.94. The minimum Gasteiger partial charge on any atom is -0.363 e. The van der Waals surface area contributed by atoms with Crippen LogP contribution in [0.4, 0.5) is 5.69 Å². The molecule has 2 rings (SSSR count). The van der Waals surface area contributed by atoms with Gasteiger partial charge in [0.15, 0.2) is 0 Å². The molecule has 0 aromatic heterocycles. The van der Waals surface area contributed by atoms with E-state index >= 15 is 0 Å². The van der Waals surface area contributed by atoms with Crippen LogP contribution in [0.3, 0.4) is 0 Å². The van der Waals surface area contributed by atoms with Gasteiger partial charge in [0.2, 0.25) is 0 Å². The molecule has 0 aliphatic carbocycles. The van der Waals surface area contributed by atoms with Crippen LogP contribution in [0, 0.1) is 0 Å². The highest BCUT2D eigenvalue weighted by Crippen LogP contribution is 2.40. The van der Waals surface area contributed by atoms with Gasteiger partial charge in [-0.3, -0.25) is 0 Å². The molecule has 3 heteroatoms. The highest BCUT2D eigenvalue weighted by Gasteiger charge is 2.42. The predicted molar refractivity (Wildman–Crippen MR) is 91.6 cm³/mol. The third kappa shape index (κ3) is 3.15. The van der Waals surface area contributed by atoms with E-state index in [9.17, 15) is 0 Å². The molecule has 20 heavy (non-hydrogen) atoms. The Hall–Kier alpha value is -0.670. The molecule has 1 aliphatic heterocycles. The number of para-hydroxylation sites is 1. The Bertz CT molecular complexity index is 395. The van der Waals surface area contributed by atoms with Gasteiger partial charge in [-0.25, -0.2) is 0 Å². The summed E-state index contributed by atoms with van der Waals surface area (Å²) < 4.78 is 0. The maximum atomic E-state index is 6.28. The quantitative estimate of drug-likeness (QED) is 0.862. The highest BCUT2D eigenvalue weighted by atomic mass is 32.2. The fourth-order valence-corrected chi connectivity index (χ4v) is 4.58. The van der Waals surface area contributed by atoms with E-state index in [4.69, 9.17) is 5.73 Å². The minimum atomic E-state index is 0.124. The van der Waals surface area contributed by atoms with E-state index in [0.717, 1.165) is 13.1 Å². The largest absolute Gasteiger partial charge is 0.363 e. The first-order chi connectivity index (χ1) is 9.74. The maximum absolute atomic E-state index is 6.28. The van der Waals surface area contributed by atoms with Crippen molar-refractivity contribution in [1.29, 1.82) is 0 Å². The van der Waals surface area contributed by atoms with Crippen LogP contribution in [0.5, 0.6) is 0 Å². The lowest BCUT2D eigenvalue weighted by atomic mass is 9.86. The van der Waals surface area contributed by atoms with E-state index in [1.54, 1.807) is 0 Å². The van der Waals surface area contributed by atoms with Gasteiger partial charge >= 0.3 is 0 Å². The Morgan fingerprint density at radius 3 is 2.70 bits per heavy atom. The Kier molecular flexibility index (Phi) is 5.79. The molecular weight excluding hydrogens is 264 g/mol. The lowest BCUT2D eigenvalue weighted by molar-refractivity contribution is 0.349. The number of benzene rings is 1. The van der Waals surface area contributed by atoms with Gasteiger partial charge in [-0.1, -0.05) is 38.5 Å². The number of rotatable bonds is 6. The molecule has 0 saturated carbocycles. The molecule has 2 nitrogen and oxygen atoms in total. The summed E-state index contributed by atoms with van der Waals surface area (Å²) in [6.45, 7) is 6.48. The van der Waals surface area contributed by atoms with Crippen molar-refractivity contribution in [3.8, 4) is 0 Å². The number of thioether (sulfide) groups is 1. The molecule has 1 aromatic carbocycles. The zero-order valence-corrected chi connectivity index (χ0v) is 13.7. The minimum absolute atomic E-state index is 0.124. The zero-order chi connectivity index (χ0) is 14.4. The number of hydrogen-bond acceptors (Lipinski definition) is 3. The topological polar surface area (TPSA) is 29.3 Å². The van der Waals surface area contributed by atoms with Crippen molar-refractivity contribution in [2.45, 2.75) is 50.3 Å². The molecule has 0 amide bonds. The number of nitrogens with two attached hydrogens (primary N) is 1. The Morgan fingerprint density at radius 2 is 2.10 bits per heavy atom. The van der Waals surface area contributed by atoms with E-state index in [2.05, 4.69) is 60.8 Å². The van der Waals surface area contributed by atoms with Gasteiger partial charge in [0.1, 0.15) is 0 Å². The van der Waals surface area contributed by atoms with Crippen LogP contribution in [-0.2, 0) is 0 Å². The molecule has 2 atom stereocenters. The number of nitrogens with zero attached hydrogens (tertiary/aromatic N) is 1. The van der Waals surface area contributed by atoms with E-state index in [0.29, 0.717) is 5.25 Å². The third-order valence-corrected chi connectivity index (χ3v) is 6.04. The SMILES string of the molecule is CCCCN(c1ccccc1)C1(CN)CCCSC1C. The van der Waals surface area contributed by atoms with Gasteiger partial charge in [-0.2, -0.15) is 11.8 Å². The van der Waals surface area contributed by atoms with Crippen LogP contribution in [-0.4, -0.2) is 29.6 Å². The summed E-state index contributed by atoms with van der Waals surface area (Å²) in [7, 11) is 0. The average molecular weight is 292 g/mol. The first kappa shape index (κ1) is 15.7. The molecule has 0 spiro atoms. The summed E-state index contributed by atoms with van der Waals surface area (Å²) in [5.41, 5.74) is 7.74. The van der Waals surface area contributed by atoms with Gasteiger partial charge in [0.25, 0.3) is 0 Å². The second-order valence-electron chi connectivity index (χ2n) is 5.77. The Balaban J connectivity index is 2.32. The number of hydrogen-bond donors (Lipinski definition) is 1.